The molecule has 0 atom stereocenters. The number of anilines is 1. The first-order valence-corrected chi connectivity index (χ1v) is 9.60. The lowest BCUT2D eigenvalue weighted by atomic mass is 9.98. The summed E-state index contributed by atoms with van der Waals surface area (Å²) >= 11 is 0. The highest BCUT2D eigenvalue weighted by Crippen LogP contribution is 2.27. The molecule has 2 aromatic carbocycles. The summed E-state index contributed by atoms with van der Waals surface area (Å²) in [5.41, 5.74) is 3.97. The number of methoxy groups -OCH3 is 1. The third kappa shape index (κ3) is 5.59. The van der Waals surface area contributed by atoms with Gasteiger partial charge in [0.05, 0.1) is 13.7 Å². The van der Waals surface area contributed by atoms with Crippen LogP contribution in [0.1, 0.15) is 43.4 Å². The van der Waals surface area contributed by atoms with E-state index in [-0.39, 0.29) is 18.4 Å². The van der Waals surface area contributed by atoms with Crippen molar-refractivity contribution in [2.75, 3.05) is 25.5 Å². The zero-order valence-electron chi connectivity index (χ0n) is 17.4. The van der Waals surface area contributed by atoms with Crippen LogP contribution in [0.15, 0.2) is 42.5 Å². The molecule has 0 saturated carbocycles. The molecule has 0 aliphatic heterocycles. The van der Waals surface area contributed by atoms with E-state index >= 15 is 0 Å². The van der Waals surface area contributed by atoms with Gasteiger partial charge in [0.2, 0.25) is 11.8 Å². The highest BCUT2D eigenvalue weighted by molar-refractivity contribution is 5.95. The predicted octanol–water partition coefficient (Wildman–Crippen LogP) is 4.16. The first-order chi connectivity index (χ1) is 13.3. The zero-order valence-corrected chi connectivity index (χ0v) is 17.4. The molecule has 0 bridgehead atoms. The SMILES string of the molecule is COc1ccccc1CCN(CC(=O)Nc1c(C)cccc1C(C)C)C(C)=O. The van der Waals surface area contributed by atoms with Crippen LogP contribution in [0.2, 0.25) is 0 Å². The number of aryl methyl sites for hydroxylation is 1. The van der Waals surface area contributed by atoms with E-state index < -0.39 is 0 Å². The van der Waals surface area contributed by atoms with Gasteiger partial charge in [-0.2, -0.15) is 0 Å². The van der Waals surface area contributed by atoms with Gasteiger partial charge in [0, 0.05) is 19.2 Å². The van der Waals surface area contributed by atoms with Crippen molar-refractivity contribution in [2.45, 2.75) is 40.0 Å². The number of carbonyl (C=O) groups is 2. The highest BCUT2D eigenvalue weighted by atomic mass is 16.5. The van der Waals surface area contributed by atoms with Crippen molar-refractivity contribution in [3.05, 3.63) is 59.2 Å². The lowest BCUT2D eigenvalue weighted by Gasteiger charge is -2.22. The van der Waals surface area contributed by atoms with Gasteiger partial charge in [-0.15, -0.1) is 0 Å². The number of para-hydroxylation sites is 2. The summed E-state index contributed by atoms with van der Waals surface area (Å²) in [4.78, 5) is 26.3. The number of rotatable bonds is 8. The largest absolute Gasteiger partial charge is 0.496 e. The Kier molecular flexibility index (Phi) is 7.61. The van der Waals surface area contributed by atoms with Crippen LogP contribution in [-0.4, -0.2) is 36.9 Å². The fourth-order valence-electron chi connectivity index (χ4n) is 3.21. The molecule has 0 fully saturated rings. The van der Waals surface area contributed by atoms with Gasteiger partial charge in [-0.3, -0.25) is 9.59 Å². The Morgan fingerprint density at radius 1 is 1.11 bits per heavy atom. The van der Waals surface area contributed by atoms with Crippen LogP contribution in [0.4, 0.5) is 5.69 Å². The van der Waals surface area contributed by atoms with Gasteiger partial charge < -0.3 is 15.0 Å². The van der Waals surface area contributed by atoms with Crippen LogP contribution < -0.4 is 10.1 Å². The predicted molar refractivity (Wildman–Crippen MR) is 113 cm³/mol. The third-order valence-corrected chi connectivity index (χ3v) is 4.81. The van der Waals surface area contributed by atoms with Crippen molar-refractivity contribution in [1.82, 2.24) is 4.90 Å². The minimum Gasteiger partial charge on any atom is -0.496 e. The Morgan fingerprint density at radius 3 is 2.46 bits per heavy atom. The van der Waals surface area contributed by atoms with E-state index in [1.807, 2.05) is 49.4 Å². The second-order valence-electron chi connectivity index (χ2n) is 7.24. The minimum absolute atomic E-state index is 0.0242. The number of nitrogens with one attached hydrogen (secondary N) is 1. The summed E-state index contributed by atoms with van der Waals surface area (Å²) in [6.45, 7) is 8.14. The summed E-state index contributed by atoms with van der Waals surface area (Å²) < 4.78 is 5.36. The van der Waals surface area contributed by atoms with E-state index in [0.29, 0.717) is 18.9 Å². The van der Waals surface area contributed by atoms with Crippen LogP contribution in [0.25, 0.3) is 0 Å². The van der Waals surface area contributed by atoms with Crippen LogP contribution in [0.3, 0.4) is 0 Å². The Balaban J connectivity index is 2.07. The molecule has 0 radical (unpaired) electrons. The van der Waals surface area contributed by atoms with E-state index in [0.717, 1.165) is 28.1 Å². The van der Waals surface area contributed by atoms with Crippen molar-refractivity contribution in [2.24, 2.45) is 0 Å². The van der Waals surface area contributed by atoms with Gasteiger partial charge in [0.25, 0.3) is 0 Å². The number of ether oxygens (including phenoxy) is 1. The molecular formula is C23H30N2O3. The normalized spacial score (nSPS) is 10.6. The van der Waals surface area contributed by atoms with Gasteiger partial charge in [-0.25, -0.2) is 0 Å². The highest BCUT2D eigenvalue weighted by Gasteiger charge is 2.17. The summed E-state index contributed by atoms with van der Waals surface area (Å²) in [7, 11) is 1.63. The molecule has 5 heteroatoms. The number of nitrogens with zero attached hydrogens (tertiary/aromatic N) is 1. The van der Waals surface area contributed by atoms with E-state index in [1.54, 1.807) is 12.0 Å². The summed E-state index contributed by atoms with van der Waals surface area (Å²) in [6.07, 6.45) is 0.623. The third-order valence-electron chi connectivity index (χ3n) is 4.81. The summed E-state index contributed by atoms with van der Waals surface area (Å²) in [5.74, 6) is 0.770. The molecule has 1 N–H and O–H groups in total. The lowest BCUT2D eigenvalue weighted by molar-refractivity contribution is -0.132. The van der Waals surface area contributed by atoms with E-state index in [9.17, 15) is 9.59 Å². The molecule has 2 aromatic rings. The second-order valence-corrected chi connectivity index (χ2v) is 7.24. The molecule has 0 aliphatic rings. The van der Waals surface area contributed by atoms with Crippen LogP contribution in [0, 0.1) is 6.92 Å². The molecule has 2 amide bonds. The molecule has 0 saturated heterocycles. The van der Waals surface area contributed by atoms with Gasteiger partial charge in [-0.1, -0.05) is 50.2 Å². The van der Waals surface area contributed by atoms with Crippen LogP contribution >= 0.6 is 0 Å². The van der Waals surface area contributed by atoms with Crippen molar-refractivity contribution in [1.29, 1.82) is 0 Å². The smallest absolute Gasteiger partial charge is 0.244 e. The van der Waals surface area contributed by atoms with Crippen molar-refractivity contribution in [3.63, 3.8) is 0 Å². The molecule has 28 heavy (non-hydrogen) atoms. The number of benzene rings is 2. The molecule has 0 aromatic heterocycles. The van der Waals surface area contributed by atoms with Crippen LogP contribution in [-0.2, 0) is 16.0 Å². The monoisotopic (exact) mass is 382 g/mol. The average Bonchev–Trinajstić information content (AvgIpc) is 2.66. The maximum atomic E-state index is 12.7. The van der Waals surface area contributed by atoms with E-state index in [1.165, 1.54) is 6.92 Å². The van der Waals surface area contributed by atoms with Crippen molar-refractivity contribution < 1.29 is 14.3 Å². The Bertz CT molecular complexity index is 830. The molecule has 0 heterocycles. The maximum absolute atomic E-state index is 12.7. The van der Waals surface area contributed by atoms with Gasteiger partial charge >= 0.3 is 0 Å². The van der Waals surface area contributed by atoms with Gasteiger partial charge in [0.1, 0.15) is 5.75 Å². The van der Waals surface area contributed by atoms with Crippen molar-refractivity contribution in [3.8, 4) is 5.75 Å². The quantitative estimate of drug-likeness (QED) is 0.746. The lowest BCUT2D eigenvalue weighted by Crippen LogP contribution is -2.38. The summed E-state index contributed by atoms with van der Waals surface area (Å²) in [5, 5.41) is 3.01. The number of amides is 2. The topological polar surface area (TPSA) is 58.6 Å². The molecular weight excluding hydrogens is 352 g/mol. The standard InChI is InChI=1S/C23H30N2O3/c1-16(2)20-11-8-9-17(3)23(20)24-22(27)15-25(18(4)26)14-13-19-10-6-7-12-21(19)28-5/h6-12,16H,13-15H2,1-5H3,(H,24,27). The Labute approximate surface area is 167 Å². The molecule has 0 aliphatic carbocycles. The maximum Gasteiger partial charge on any atom is 0.244 e. The average molecular weight is 383 g/mol. The minimum atomic E-state index is -0.188. The number of hydrogen-bond acceptors (Lipinski definition) is 3. The Hall–Kier alpha value is -2.82. The first-order valence-electron chi connectivity index (χ1n) is 9.60. The zero-order chi connectivity index (χ0) is 20.7. The summed E-state index contributed by atoms with van der Waals surface area (Å²) in [6, 6.07) is 13.7. The molecule has 5 nitrogen and oxygen atoms in total. The second kappa shape index (κ2) is 9.93. The molecule has 0 spiro atoms. The first kappa shape index (κ1) is 21.5. The van der Waals surface area contributed by atoms with E-state index in [2.05, 4.69) is 19.2 Å². The molecule has 2 rings (SSSR count). The number of hydrogen-bond donors (Lipinski definition) is 1. The fourth-order valence-corrected chi connectivity index (χ4v) is 3.21. The van der Waals surface area contributed by atoms with Crippen molar-refractivity contribution >= 4 is 17.5 Å². The van der Waals surface area contributed by atoms with E-state index in [4.69, 9.17) is 4.74 Å². The Morgan fingerprint density at radius 2 is 1.82 bits per heavy atom. The molecule has 150 valence electrons. The molecule has 0 unspecified atom stereocenters. The fraction of sp³-hybridized carbons (Fsp3) is 0.391. The van der Waals surface area contributed by atoms with Crippen LogP contribution in [0.5, 0.6) is 5.75 Å². The van der Waals surface area contributed by atoms with Gasteiger partial charge in [-0.05, 0) is 42.0 Å². The van der Waals surface area contributed by atoms with Gasteiger partial charge in [0.15, 0.2) is 0 Å². The number of carbonyl (C=O) groups excluding carboxylic acids is 2.